The van der Waals surface area contributed by atoms with E-state index in [9.17, 15) is 13.2 Å². The number of thiazole rings is 1. The molecule has 2 aromatic heterocycles. The van der Waals surface area contributed by atoms with Gasteiger partial charge in [-0.25, -0.2) is 22.9 Å². The highest BCUT2D eigenvalue weighted by Gasteiger charge is 2.30. The number of amides is 1. The number of nitrogens with one attached hydrogen (secondary N) is 3. The molecule has 0 bridgehead atoms. The summed E-state index contributed by atoms with van der Waals surface area (Å²) in [5.74, 6) is 0.902. The first-order valence-electron chi connectivity index (χ1n) is 14.2. The van der Waals surface area contributed by atoms with Gasteiger partial charge in [-0.05, 0) is 86.3 Å². The predicted molar refractivity (Wildman–Crippen MR) is 163 cm³/mol. The SMILES string of the molecule is CCn1ccc(Nc2ccc(-c3sc(C4CCC(NC(=O)OC(C)C)CC4)nc3C)c(S(=O)(=O)NC(C)(C)C)c2)n1. The minimum absolute atomic E-state index is 0.0852. The molecule has 2 heterocycles. The third-order valence-corrected chi connectivity index (χ3v) is 9.90. The number of hydrogen-bond acceptors (Lipinski definition) is 8. The van der Waals surface area contributed by atoms with Gasteiger partial charge >= 0.3 is 6.09 Å². The normalized spacial score (nSPS) is 18.0. The summed E-state index contributed by atoms with van der Waals surface area (Å²) in [6, 6.07) is 7.34. The second-order valence-electron chi connectivity index (χ2n) is 11.9. The highest BCUT2D eigenvalue weighted by Crippen LogP contribution is 2.42. The quantitative estimate of drug-likeness (QED) is 0.262. The third kappa shape index (κ3) is 8.08. The number of sulfonamides is 1. The number of carbonyl (C=O) groups excluding carboxylic acids is 1. The third-order valence-electron chi connectivity index (χ3n) is 6.75. The summed E-state index contributed by atoms with van der Waals surface area (Å²) in [6.07, 6.45) is 4.82. The molecule has 1 amide bonds. The van der Waals surface area contributed by atoms with E-state index in [0.717, 1.165) is 47.8 Å². The molecule has 41 heavy (non-hydrogen) atoms. The Morgan fingerprint density at radius 3 is 2.49 bits per heavy atom. The zero-order valence-electron chi connectivity index (χ0n) is 24.9. The first-order chi connectivity index (χ1) is 19.2. The summed E-state index contributed by atoms with van der Waals surface area (Å²) in [7, 11) is -3.86. The molecule has 3 aromatic rings. The number of benzene rings is 1. The zero-order chi connectivity index (χ0) is 29.9. The smallest absolute Gasteiger partial charge is 0.407 e. The molecular weight excluding hydrogens is 560 g/mol. The van der Waals surface area contributed by atoms with Gasteiger partial charge in [0.2, 0.25) is 10.0 Å². The number of hydrogen-bond donors (Lipinski definition) is 3. The van der Waals surface area contributed by atoms with Gasteiger partial charge in [0.25, 0.3) is 0 Å². The van der Waals surface area contributed by atoms with Crippen molar-refractivity contribution >= 4 is 39.0 Å². The lowest BCUT2D eigenvalue weighted by atomic mass is 9.86. The molecule has 1 aromatic carbocycles. The lowest BCUT2D eigenvalue weighted by molar-refractivity contribution is 0.109. The molecule has 0 atom stereocenters. The minimum Gasteiger partial charge on any atom is -0.447 e. The molecule has 1 saturated carbocycles. The van der Waals surface area contributed by atoms with E-state index in [2.05, 4.69) is 20.5 Å². The van der Waals surface area contributed by atoms with Gasteiger partial charge in [0.05, 0.1) is 26.6 Å². The van der Waals surface area contributed by atoms with Crippen molar-refractivity contribution in [3.05, 3.63) is 41.2 Å². The van der Waals surface area contributed by atoms with E-state index < -0.39 is 15.6 Å². The van der Waals surface area contributed by atoms with Gasteiger partial charge in [-0.3, -0.25) is 4.68 Å². The Bertz CT molecular complexity index is 1460. The second kappa shape index (κ2) is 12.5. The van der Waals surface area contributed by atoms with Crippen molar-refractivity contribution in [3.63, 3.8) is 0 Å². The maximum absolute atomic E-state index is 13.7. The molecule has 1 aliphatic rings. The van der Waals surface area contributed by atoms with Crippen molar-refractivity contribution in [1.29, 1.82) is 0 Å². The second-order valence-corrected chi connectivity index (χ2v) is 14.5. The van der Waals surface area contributed by atoms with Crippen LogP contribution in [-0.4, -0.2) is 47.0 Å². The van der Waals surface area contributed by atoms with Gasteiger partial charge in [-0.2, -0.15) is 5.10 Å². The van der Waals surface area contributed by atoms with Crippen LogP contribution in [-0.2, 0) is 21.3 Å². The number of alkyl carbamates (subject to hydrolysis) is 1. The van der Waals surface area contributed by atoms with Gasteiger partial charge < -0.3 is 15.4 Å². The van der Waals surface area contributed by atoms with Crippen LogP contribution in [0.5, 0.6) is 0 Å². The Kier molecular flexibility index (Phi) is 9.45. The van der Waals surface area contributed by atoms with Crippen molar-refractivity contribution in [3.8, 4) is 10.4 Å². The average Bonchev–Trinajstić information content (AvgIpc) is 3.49. The Hall–Kier alpha value is -2.96. The molecule has 1 aliphatic carbocycles. The van der Waals surface area contributed by atoms with Gasteiger partial charge in [-0.15, -0.1) is 11.3 Å². The van der Waals surface area contributed by atoms with Gasteiger partial charge in [0, 0.05) is 47.6 Å². The van der Waals surface area contributed by atoms with Crippen molar-refractivity contribution in [2.24, 2.45) is 0 Å². The largest absolute Gasteiger partial charge is 0.447 e. The number of nitrogens with zero attached hydrogens (tertiary/aromatic N) is 3. The van der Waals surface area contributed by atoms with E-state index in [0.29, 0.717) is 17.1 Å². The highest BCUT2D eigenvalue weighted by molar-refractivity contribution is 7.89. The summed E-state index contributed by atoms with van der Waals surface area (Å²) < 4.78 is 37.2. The number of aryl methyl sites for hydroxylation is 2. The van der Waals surface area contributed by atoms with Gasteiger partial charge in [0.15, 0.2) is 5.82 Å². The fraction of sp³-hybridized carbons (Fsp3) is 0.552. The van der Waals surface area contributed by atoms with Crippen LogP contribution in [0.1, 0.15) is 83.8 Å². The van der Waals surface area contributed by atoms with E-state index in [1.54, 1.807) is 22.1 Å². The predicted octanol–water partition coefficient (Wildman–Crippen LogP) is 6.32. The Morgan fingerprint density at radius 2 is 1.88 bits per heavy atom. The first-order valence-corrected chi connectivity index (χ1v) is 16.5. The molecule has 10 nitrogen and oxygen atoms in total. The Balaban J connectivity index is 1.60. The van der Waals surface area contributed by atoms with Crippen LogP contribution in [0.15, 0.2) is 35.4 Å². The van der Waals surface area contributed by atoms with E-state index >= 15 is 0 Å². The van der Waals surface area contributed by atoms with Crippen LogP contribution in [0.3, 0.4) is 0 Å². The van der Waals surface area contributed by atoms with Crippen LogP contribution in [0, 0.1) is 6.92 Å². The number of ether oxygens (including phenoxy) is 1. The molecule has 1 fully saturated rings. The van der Waals surface area contributed by atoms with E-state index in [1.165, 1.54) is 0 Å². The summed E-state index contributed by atoms with van der Waals surface area (Å²) in [5.41, 5.74) is 1.41. The Labute approximate surface area is 247 Å². The molecule has 0 radical (unpaired) electrons. The number of aromatic nitrogens is 3. The van der Waals surface area contributed by atoms with Crippen molar-refractivity contribution in [2.75, 3.05) is 5.32 Å². The van der Waals surface area contributed by atoms with Gasteiger partial charge in [0.1, 0.15) is 0 Å². The van der Waals surface area contributed by atoms with Crippen LogP contribution in [0.4, 0.5) is 16.3 Å². The number of carbonyl (C=O) groups is 1. The fourth-order valence-electron chi connectivity index (χ4n) is 4.96. The van der Waals surface area contributed by atoms with Crippen LogP contribution >= 0.6 is 11.3 Å². The molecule has 4 rings (SSSR count). The zero-order valence-corrected chi connectivity index (χ0v) is 26.6. The number of anilines is 2. The summed E-state index contributed by atoms with van der Waals surface area (Å²) in [4.78, 5) is 18.0. The summed E-state index contributed by atoms with van der Waals surface area (Å²) >= 11 is 1.56. The molecule has 0 aliphatic heterocycles. The average molecular weight is 603 g/mol. The monoisotopic (exact) mass is 602 g/mol. The van der Waals surface area contributed by atoms with Gasteiger partial charge in [-0.1, -0.05) is 6.07 Å². The summed E-state index contributed by atoms with van der Waals surface area (Å²) in [5, 5.41) is 11.7. The van der Waals surface area contributed by atoms with Crippen molar-refractivity contribution in [2.45, 2.75) is 109 Å². The van der Waals surface area contributed by atoms with Crippen LogP contribution < -0.4 is 15.4 Å². The molecule has 0 spiro atoms. The lowest BCUT2D eigenvalue weighted by Gasteiger charge is -2.28. The maximum Gasteiger partial charge on any atom is 0.407 e. The molecule has 0 saturated heterocycles. The van der Waals surface area contributed by atoms with Crippen LogP contribution in [0.2, 0.25) is 0 Å². The Morgan fingerprint density at radius 1 is 1.17 bits per heavy atom. The minimum atomic E-state index is -3.86. The molecular formula is C29H42N6O4S2. The molecule has 12 heteroatoms. The lowest BCUT2D eigenvalue weighted by Crippen LogP contribution is -2.40. The van der Waals surface area contributed by atoms with Crippen molar-refractivity contribution < 1.29 is 17.9 Å². The van der Waals surface area contributed by atoms with E-state index in [4.69, 9.17) is 9.72 Å². The van der Waals surface area contributed by atoms with E-state index in [-0.39, 0.29) is 29.1 Å². The standard InChI is InChI=1S/C29H42N6O4S2/c1-8-35-16-15-25(33-35)31-22-13-14-23(24(17-22)41(37,38)34-29(5,6)7)26-19(4)30-27(40-26)20-9-11-21(12-10-20)32-28(36)39-18(2)3/h13-18,20-21,34H,8-12H2,1-7H3,(H,31,33)(H,32,36). The fourth-order valence-corrected chi connectivity index (χ4v) is 7.96. The van der Waals surface area contributed by atoms with Crippen molar-refractivity contribution in [1.82, 2.24) is 24.8 Å². The van der Waals surface area contributed by atoms with Crippen LogP contribution in [0.25, 0.3) is 10.4 Å². The summed E-state index contributed by atoms with van der Waals surface area (Å²) in [6.45, 7) is 13.8. The topological polar surface area (TPSA) is 127 Å². The molecule has 0 unspecified atom stereocenters. The first kappa shape index (κ1) is 31.0. The maximum atomic E-state index is 13.7. The number of rotatable bonds is 9. The molecule has 3 N–H and O–H groups in total. The van der Waals surface area contributed by atoms with E-state index in [1.807, 2.05) is 72.9 Å². The highest BCUT2D eigenvalue weighted by atomic mass is 32.2. The molecule has 224 valence electrons.